The Hall–Kier alpha value is -2.23. The van der Waals surface area contributed by atoms with E-state index in [0.717, 1.165) is 12.1 Å². The first-order valence-electron chi connectivity index (χ1n) is 6.43. The molecule has 0 spiro atoms. The molecule has 0 saturated heterocycles. The summed E-state index contributed by atoms with van der Waals surface area (Å²) in [5, 5.41) is 4.68. The monoisotopic (exact) mass is 349 g/mol. The number of urea groups is 1. The number of rotatable bonds is 6. The summed E-state index contributed by atoms with van der Waals surface area (Å²) in [6.07, 6.45) is 0. The molecule has 0 aliphatic rings. The van der Waals surface area contributed by atoms with Crippen molar-refractivity contribution in [3.05, 3.63) is 24.3 Å². The maximum atomic E-state index is 12.5. The van der Waals surface area contributed by atoms with Crippen molar-refractivity contribution in [1.82, 2.24) is 5.32 Å². The highest BCUT2D eigenvalue weighted by Crippen LogP contribution is 2.21. The first kappa shape index (κ1) is 18.8. The minimum atomic E-state index is -4.75. The van der Waals surface area contributed by atoms with Crippen LogP contribution in [0.15, 0.2) is 29.2 Å². The van der Waals surface area contributed by atoms with Crippen molar-refractivity contribution < 1.29 is 26.8 Å². The van der Waals surface area contributed by atoms with Crippen LogP contribution in [0.5, 0.6) is 0 Å². The third-order valence-electron chi connectivity index (χ3n) is 3.01. The summed E-state index contributed by atoms with van der Waals surface area (Å²) in [5.41, 5.74) is 4.20. The number of alkyl halides is 2. The molecule has 1 aromatic rings. The van der Waals surface area contributed by atoms with Crippen LogP contribution in [0.4, 0.5) is 19.3 Å². The van der Waals surface area contributed by atoms with Gasteiger partial charge in [0.25, 0.3) is 0 Å². The number of benzene rings is 1. The summed E-state index contributed by atoms with van der Waals surface area (Å²) in [6.45, 7) is 3.01. The van der Waals surface area contributed by atoms with Crippen molar-refractivity contribution in [2.45, 2.75) is 24.5 Å². The van der Waals surface area contributed by atoms with E-state index in [1.807, 2.05) is 0 Å². The van der Waals surface area contributed by atoms with Gasteiger partial charge in [0.1, 0.15) is 0 Å². The lowest BCUT2D eigenvalue weighted by Gasteiger charge is -2.20. The molecule has 1 rings (SSSR count). The van der Waals surface area contributed by atoms with Gasteiger partial charge in [0.05, 0.1) is 10.3 Å². The average molecular weight is 349 g/mol. The summed E-state index contributed by atoms with van der Waals surface area (Å²) in [5.74, 6) is -4.16. The molecular formula is C13H17F2N3O4S. The van der Waals surface area contributed by atoms with Crippen LogP contribution in [0.2, 0.25) is 0 Å². The second kappa shape index (κ2) is 6.90. The molecule has 0 atom stereocenters. The van der Waals surface area contributed by atoms with E-state index < -0.39 is 37.8 Å². The smallest absolute Gasteiger partial charge is 0.341 e. The molecule has 23 heavy (non-hydrogen) atoms. The molecule has 10 heteroatoms. The van der Waals surface area contributed by atoms with Crippen LogP contribution in [-0.2, 0) is 14.6 Å². The number of hydrogen-bond donors (Lipinski definition) is 3. The second-order valence-corrected chi connectivity index (χ2v) is 7.31. The molecule has 0 aliphatic carbocycles. The van der Waals surface area contributed by atoms with Gasteiger partial charge in [-0.15, -0.1) is 0 Å². The SMILES string of the molecule is CC(C)(CNC(=O)Nc1cccc(S(=O)(=O)C(F)F)c1)C(N)=O. The number of halogens is 2. The van der Waals surface area contributed by atoms with Crippen LogP contribution in [0.25, 0.3) is 0 Å². The molecule has 0 bridgehead atoms. The maximum Gasteiger partial charge on any atom is 0.341 e. The summed E-state index contributed by atoms with van der Waals surface area (Å²) >= 11 is 0. The fraction of sp³-hybridized carbons (Fsp3) is 0.385. The van der Waals surface area contributed by atoms with Crippen LogP contribution in [0, 0.1) is 5.41 Å². The van der Waals surface area contributed by atoms with E-state index >= 15 is 0 Å². The number of hydrogen-bond acceptors (Lipinski definition) is 4. The van der Waals surface area contributed by atoms with Gasteiger partial charge in [-0.05, 0) is 32.0 Å². The Labute approximate surface area is 132 Å². The first-order chi connectivity index (χ1) is 10.5. The third-order valence-corrected chi connectivity index (χ3v) is 4.39. The topological polar surface area (TPSA) is 118 Å². The molecule has 0 fully saturated rings. The Morgan fingerprint density at radius 1 is 1.30 bits per heavy atom. The fourth-order valence-electron chi connectivity index (χ4n) is 1.42. The summed E-state index contributed by atoms with van der Waals surface area (Å²) < 4.78 is 47.7. The van der Waals surface area contributed by atoms with E-state index in [-0.39, 0.29) is 12.2 Å². The Balaban J connectivity index is 2.79. The number of nitrogens with two attached hydrogens (primary N) is 1. The van der Waals surface area contributed by atoms with Crippen molar-refractivity contribution >= 4 is 27.5 Å². The van der Waals surface area contributed by atoms with Crippen molar-refractivity contribution in [3.8, 4) is 0 Å². The summed E-state index contributed by atoms with van der Waals surface area (Å²) in [4.78, 5) is 22.2. The highest BCUT2D eigenvalue weighted by atomic mass is 32.2. The third kappa shape index (κ3) is 4.88. The lowest BCUT2D eigenvalue weighted by Crippen LogP contribution is -2.43. The zero-order valence-corrected chi connectivity index (χ0v) is 13.3. The van der Waals surface area contributed by atoms with E-state index in [2.05, 4.69) is 10.6 Å². The highest BCUT2D eigenvalue weighted by molar-refractivity contribution is 7.91. The Morgan fingerprint density at radius 2 is 1.91 bits per heavy atom. The number of anilines is 1. The Bertz CT molecular complexity index is 705. The number of primary amides is 1. The Kier molecular flexibility index (Phi) is 5.65. The van der Waals surface area contributed by atoms with Gasteiger partial charge in [-0.2, -0.15) is 8.78 Å². The van der Waals surface area contributed by atoms with Gasteiger partial charge in [-0.3, -0.25) is 4.79 Å². The number of carbonyl (C=O) groups excluding carboxylic acids is 2. The molecule has 7 nitrogen and oxygen atoms in total. The van der Waals surface area contributed by atoms with Gasteiger partial charge in [0.15, 0.2) is 0 Å². The van der Waals surface area contributed by atoms with Gasteiger partial charge in [-0.25, -0.2) is 13.2 Å². The van der Waals surface area contributed by atoms with E-state index in [1.54, 1.807) is 0 Å². The van der Waals surface area contributed by atoms with Crippen LogP contribution >= 0.6 is 0 Å². The Morgan fingerprint density at radius 3 is 2.43 bits per heavy atom. The minimum Gasteiger partial charge on any atom is -0.369 e. The van der Waals surface area contributed by atoms with Crippen molar-refractivity contribution in [3.63, 3.8) is 0 Å². The predicted octanol–water partition coefficient (Wildman–Crippen LogP) is 1.32. The molecule has 0 radical (unpaired) electrons. The molecular weight excluding hydrogens is 332 g/mol. The first-order valence-corrected chi connectivity index (χ1v) is 7.98. The van der Waals surface area contributed by atoms with Crippen molar-refractivity contribution in [2.24, 2.45) is 11.1 Å². The van der Waals surface area contributed by atoms with E-state index in [0.29, 0.717) is 0 Å². The molecule has 1 aromatic carbocycles. The van der Waals surface area contributed by atoms with Gasteiger partial charge in [0.2, 0.25) is 15.7 Å². The maximum absolute atomic E-state index is 12.5. The predicted molar refractivity (Wildman–Crippen MR) is 79.6 cm³/mol. The molecule has 4 N–H and O–H groups in total. The van der Waals surface area contributed by atoms with E-state index in [9.17, 15) is 26.8 Å². The van der Waals surface area contributed by atoms with Gasteiger partial charge in [-0.1, -0.05) is 6.07 Å². The van der Waals surface area contributed by atoms with Gasteiger partial charge in [0, 0.05) is 12.2 Å². The van der Waals surface area contributed by atoms with E-state index in [4.69, 9.17) is 5.73 Å². The summed E-state index contributed by atoms with van der Waals surface area (Å²) in [6, 6.07) is 3.74. The van der Waals surface area contributed by atoms with Crippen LogP contribution in [0.1, 0.15) is 13.8 Å². The zero-order chi connectivity index (χ0) is 17.8. The van der Waals surface area contributed by atoms with E-state index in [1.165, 1.54) is 26.0 Å². The van der Waals surface area contributed by atoms with Crippen LogP contribution in [-0.4, -0.2) is 32.7 Å². The fourth-order valence-corrected chi connectivity index (χ4v) is 2.18. The normalized spacial score (nSPS) is 12.0. The minimum absolute atomic E-state index is 0.0149. The average Bonchev–Trinajstić information content (AvgIpc) is 2.45. The highest BCUT2D eigenvalue weighted by Gasteiger charge is 2.27. The van der Waals surface area contributed by atoms with Crippen LogP contribution < -0.4 is 16.4 Å². The molecule has 0 aliphatic heterocycles. The number of sulfone groups is 1. The van der Waals surface area contributed by atoms with Crippen molar-refractivity contribution in [2.75, 3.05) is 11.9 Å². The quantitative estimate of drug-likeness (QED) is 0.717. The molecule has 128 valence electrons. The molecule has 0 aromatic heterocycles. The van der Waals surface area contributed by atoms with Gasteiger partial charge < -0.3 is 16.4 Å². The largest absolute Gasteiger partial charge is 0.369 e. The molecule has 3 amide bonds. The van der Waals surface area contributed by atoms with Crippen molar-refractivity contribution in [1.29, 1.82) is 0 Å². The zero-order valence-electron chi connectivity index (χ0n) is 12.5. The lowest BCUT2D eigenvalue weighted by molar-refractivity contribution is -0.125. The standard InChI is InChI=1S/C13H17F2N3O4S/c1-13(2,10(16)19)7-17-12(20)18-8-4-3-5-9(6-8)23(21,22)11(14)15/h3-6,11H,7H2,1-2H3,(H2,16,19)(H2,17,18,20). The number of nitrogens with one attached hydrogen (secondary N) is 2. The van der Waals surface area contributed by atoms with Crippen LogP contribution in [0.3, 0.4) is 0 Å². The second-order valence-electron chi connectivity index (χ2n) is 5.39. The molecule has 0 unspecified atom stereocenters. The van der Waals surface area contributed by atoms with Gasteiger partial charge >= 0.3 is 11.8 Å². The summed E-state index contributed by atoms with van der Waals surface area (Å²) in [7, 11) is -4.75. The molecule has 0 saturated carbocycles. The number of amides is 3. The lowest BCUT2D eigenvalue weighted by atomic mass is 9.93. The molecule has 0 heterocycles. The number of carbonyl (C=O) groups is 2.